The molecule has 0 amide bonds. The number of nitrogens with zero attached hydrogens (tertiary/aromatic N) is 1. The van der Waals surface area contributed by atoms with E-state index in [0.717, 1.165) is 27.6 Å². The lowest BCUT2D eigenvalue weighted by molar-refractivity contribution is 0.706. The maximum Gasteiger partial charge on any atom is 0.0873 e. The molecule has 0 N–H and O–H groups in total. The minimum absolute atomic E-state index is 0.330. The summed E-state index contributed by atoms with van der Waals surface area (Å²) >= 11 is 13.5. The fraction of sp³-hybridized carbons (Fsp3) is 0.333. The molecule has 0 saturated heterocycles. The van der Waals surface area contributed by atoms with Gasteiger partial charge in [-0.1, -0.05) is 36.0 Å². The number of thiophene rings is 1. The second kappa shape index (κ2) is 5.55. The van der Waals surface area contributed by atoms with Gasteiger partial charge in [-0.15, -0.1) is 11.3 Å². The Morgan fingerprint density at radius 2 is 1.82 bits per heavy atom. The van der Waals surface area contributed by atoms with E-state index in [9.17, 15) is 0 Å². The lowest BCUT2D eigenvalue weighted by Crippen LogP contribution is -2.29. The van der Waals surface area contributed by atoms with Crippen LogP contribution in [0, 0.1) is 13.8 Å². The van der Waals surface area contributed by atoms with Crippen LogP contribution < -0.4 is 0 Å². The van der Waals surface area contributed by atoms with Gasteiger partial charge in [0.15, 0.2) is 0 Å². The van der Waals surface area contributed by atoms with Crippen molar-refractivity contribution in [2.24, 2.45) is 4.99 Å². The van der Waals surface area contributed by atoms with Crippen molar-refractivity contribution >= 4 is 45.7 Å². The zero-order chi connectivity index (χ0) is 16.1. The molecule has 4 heteroatoms. The van der Waals surface area contributed by atoms with Gasteiger partial charge in [0, 0.05) is 37.2 Å². The predicted molar refractivity (Wildman–Crippen MR) is 101 cm³/mol. The lowest BCUT2D eigenvalue weighted by Gasteiger charge is -2.20. The molecule has 3 rings (SSSR count). The molecule has 1 nitrogen and oxygen atoms in total. The number of rotatable bonds is 1. The van der Waals surface area contributed by atoms with E-state index in [1.165, 1.54) is 20.9 Å². The standard InChI is InChI=1S/C18H18ClNS2/c1-10-11(2)22-14-9-15(21)18(3,4)20-17(16(10)14)12-5-7-13(19)8-6-12/h5-8H,9H2,1-4H3. The first-order chi connectivity index (χ1) is 10.3. The molecular formula is C18H18ClNS2. The molecular weight excluding hydrogens is 330 g/mol. The van der Waals surface area contributed by atoms with Crippen LogP contribution in [0.4, 0.5) is 0 Å². The predicted octanol–water partition coefficient (Wildman–Crippen LogP) is 5.56. The van der Waals surface area contributed by atoms with Crippen LogP contribution in [-0.4, -0.2) is 16.1 Å². The molecule has 0 saturated carbocycles. The highest BCUT2D eigenvalue weighted by molar-refractivity contribution is 7.80. The Balaban J connectivity index is 2.29. The summed E-state index contributed by atoms with van der Waals surface area (Å²) in [6.07, 6.45) is 0.831. The number of thiocarbonyl (C=S) groups is 1. The number of aryl methyl sites for hydroxylation is 1. The highest BCUT2D eigenvalue weighted by Gasteiger charge is 2.31. The van der Waals surface area contributed by atoms with E-state index in [4.69, 9.17) is 28.8 Å². The summed E-state index contributed by atoms with van der Waals surface area (Å²) in [5.74, 6) is 0. The van der Waals surface area contributed by atoms with Crippen LogP contribution in [0.5, 0.6) is 0 Å². The molecule has 0 spiro atoms. The van der Waals surface area contributed by atoms with E-state index in [0.29, 0.717) is 0 Å². The summed E-state index contributed by atoms with van der Waals surface area (Å²) in [5.41, 5.74) is 4.39. The third-order valence-electron chi connectivity index (χ3n) is 4.21. The molecule has 22 heavy (non-hydrogen) atoms. The third kappa shape index (κ3) is 2.66. The molecule has 0 bridgehead atoms. The van der Waals surface area contributed by atoms with Gasteiger partial charge < -0.3 is 0 Å². The average molecular weight is 348 g/mol. The van der Waals surface area contributed by atoms with Crippen LogP contribution >= 0.6 is 35.2 Å². The van der Waals surface area contributed by atoms with Crippen molar-refractivity contribution < 1.29 is 0 Å². The molecule has 0 unspecified atom stereocenters. The van der Waals surface area contributed by atoms with Gasteiger partial charge in [-0.25, -0.2) is 0 Å². The van der Waals surface area contributed by atoms with E-state index in [1.54, 1.807) is 0 Å². The number of halogens is 1. The Hall–Kier alpha value is -1.03. The summed E-state index contributed by atoms with van der Waals surface area (Å²) in [6, 6.07) is 7.93. The topological polar surface area (TPSA) is 12.4 Å². The Morgan fingerprint density at radius 1 is 1.18 bits per heavy atom. The van der Waals surface area contributed by atoms with Gasteiger partial charge >= 0.3 is 0 Å². The average Bonchev–Trinajstić information content (AvgIpc) is 2.67. The van der Waals surface area contributed by atoms with Crippen molar-refractivity contribution in [2.45, 2.75) is 39.7 Å². The summed E-state index contributed by atoms with van der Waals surface area (Å²) < 4.78 is 0. The molecule has 0 fully saturated rings. The monoisotopic (exact) mass is 347 g/mol. The fourth-order valence-corrected chi connectivity index (χ4v) is 4.31. The molecule has 0 atom stereocenters. The number of hydrogen-bond donors (Lipinski definition) is 0. The first-order valence-corrected chi connectivity index (χ1v) is 8.88. The van der Waals surface area contributed by atoms with Crippen molar-refractivity contribution in [3.63, 3.8) is 0 Å². The quantitative estimate of drug-likeness (QED) is 0.615. The summed E-state index contributed by atoms with van der Waals surface area (Å²) in [4.78, 5) is 8.72. The fourth-order valence-electron chi connectivity index (χ4n) is 2.71. The molecule has 1 aromatic heterocycles. The molecule has 0 radical (unpaired) electrons. The van der Waals surface area contributed by atoms with Crippen molar-refractivity contribution in [1.29, 1.82) is 0 Å². The lowest BCUT2D eigenvalue weighted by atomic mass is 9.98. The summed E-state index contributed by atoms with van der Waals surface area (Å²) in [7, 11) is 0. The first kappa shape index (κ1) is 15.9. The number of fused-ring (bicyclic) bond motifs is 1. The smallest absolute Gasteiger partial charge is 0.0873 e. The van der Waals surface area contributed by atoms with Crippen LogP contribution in [-0.2, 0) is 6.42 Å². The van der Waals surface area contributed by atoms with Gasteiger partial charge in [-0.2, -0.15) is 0 Å². The second-order valence-corrected chi connectivity index (χ2v) is 8.45. The molecule has 0 aliphatic carbocycles. The van der Waals surface area contributed by atoms with Crippen LogP contribution in [0.15, 0.2) is 29.3 Å². The van der Waals surface area contributed by atoms with Gasteiger partial charge in [0.25, 0.3) is 0 Å². The van der Waals surface area contributed by atoms with Crippen molar-refractivity contribution in [2.75, 3.05) is 0 Å². The molecule has 2 heterocycles. The van der Waals surface area contributed by atoms with Gasteiger partial charge in [0.05, 0.1) is 11.3 Å². The van der Waals surface area contributed by atoms with E-state index in [-0.39, 0.29) is 5.54 Å². The molecule has 114 valence electrons. The maximum absolute atomic E-state index is 6.04. The first-order valence-electron chi connectivity index (χ1n) is 7.28. The van der Waals surface area contributed by atoms with Gasteiger partial charge in [-0.3, -0.25) is 4.99 Å². The zero-order valence-electron chi connectivity index (χ0n) is 13.2. The normalized spacial score (nSPS) is 17.0. The number of aliphatic imine (C=N–C) groups is 1. The molecule has 1 aromatic carbocycles. The van der Waals surface area contributed by atoms with Crippen molar-refractivity contribution in [1.82, 2.24) is 0 Å². The van der Waals surface area contributed by atoms with Crippen molar-refractivity contribution in [3.8, 4) is 0 Å². The highest BCUT2D eigenvalue weighted by atomic mass is 35.5. The zero-order valence-corrected chi connectivity index (χ0v) is 15.5. The van der Waals surface area contributed by atoms with Crippen LogP contribution in [0.3, 0.4) is 0 Å². The SMILES string of the molecule is Cc1sc2c(c1C)C(c1ccc(Cl)cc1)=NC(C)(C)C(=S)C2. The van der Waals surface area contributed by atoms with Gasteiger partial charge in [0.1, 0.15) is 0 Å². The molecule has 2 aromatic rings. The number of hydrogen-bond acceptors (Lipinski definition) is 3. The van der Waals surface area contributed by atoms with Crippen LogP contribution in [0.2, 0.25) is 5.02 Å². The largest absolute Gasteiger partial charge is 0.273 e. The Bertz CT molecular complexity index is 782. The molecule has 1 aliphatic heterocycles. The third-order valence-corrected chi connectivity index (χ3v) is 6.31. The summed E-state index contributed by atoms with van der Waals surface area (Å²) in [6.45, 7) is 8.55. The second-order valence-electron chi connectivity index (χ2n) is 6.21. The van der Waals surface area contributed by atoms with Crippen molar-refractivity contribution in [3.05, 3.63) is 55.7 Å². The molecule has 1 aliphatic rings. The van der Waals surface area contributed by atoms with E-state index in [1.807, 2.05) is 35.6 Å². The van der Waals surface area contributed by atoms with Gasteiger partial charge in [0.2, 0.25) is 0 Å². The Kier molecular flexibility index (Phi) is 4.00. The summed E-state index contributed by atoms with van der Waals surface area (Å²) in [5, 5.41) is 0.742. The van der Waals surface area contributed by atoms with E-state index < -0.39 is 0 Å². The van der Waals surface area contributed by atoms with E-state index in [2.05, 4.69) is 27.7 Å². The van der Waals surface area contributed by atoms with Crippen LogP contribution in [0.25, 0.3) is 0 Å². The van der Waals surface area contributed by atoms with E-state index >= 15 is 0 Å². The van der Waals surface area contributed by atoms with Gasteiger partial charge in [-0.05, 0) is 45.4 Å². The Labute approximate surface area is 146 Å². The Morgan fingerprint density at radius 3 is 2.45 bits per heavy atom. The maximum atomic E-state index is 6.04. The highest BCUT2D eigenvalue weighted by Crippen LogP contribution is 2.35. The minimum Gasteiger partial charge on any atom is -0.273 e. The number of benzene rings is 1. The minimum atomic E-state index is -0.330. The van der Waals surface area contributed by atoms with Crippen LogP contribution in [0.1, 0.15) is 40.3 Å².